The molecule has 1 atom stereocenters. The molecule has 1 heterocycles. The normalized spacial score (nSPS) is 15.4. The van der Waals surface area contributed by atoms with Crippen molar-refractivity contribution in [3.63, 3.8) is 0 Å². The Morgan fingerprint density at radius 2 is 1.23 bits per heavy atom. The molecule has 2 nitrogen and oxygen atoms in total. The predicted molar refractivity (Wildman–Crippen MR) is 163 cm³/mol. The fraction of sp³-hybridized carbons (Fsp3) is 0.0270. The second-order valence-electron chi connectivity index (χ2n) is 10.1. The number of hydrogen-bond donors (Lipinski definition) is 0. The molecule has 184 valence electrons. The average Bonchev–Trinajstić information content (AvgIpc) is 3.59. The lowest BCUT2D eigenvalue weighted by Crippen LogP contribution is -2.11. The maximum absolute atomic E-state index is 6.65. The highest BCUT2D eigenvalue weighted by molar-refractivity contribution is 6.12. The van der Waals surface area contributed by atoms with Crippen molar-refractivity contribution in [2.24, 2.45) is 0 Å². The summed E-state index contributed by atoms with van der Waals surface area (Å²) in [5.41, 5.74) is 8.28. The Hall–Kier alpha value is -5.08. The summed E-state index contributed by atoms with van der Waals surface area (Å²) in [6.07, 6.45) is 4.33. The SMILES string of the molecule is C1=CC2Oc3c(cc(N(c4ccccc4)c4cccc5ccccc45)c4ccccc34)C2=C1c1ccccc1. The minimum atomic E-state index is -0.0726. The highest BCUT2D eigenvalue weighted by Gasteiger charge is 2.35. The predicted octanol–water partition coefficient (Wildman–Crippen LogP) is 9.70. The molecule has 0 saturated carbocycles. The first-order valence-electron chi connectivity index (χ1n) is 13.4. The van der Waals surface area contributed by atoms with Crippen LogP contribution >= 0.6 is 0 Å². The Labute approximate surface area is 227 Å². The van der Waals surface area contributed by atoms with Gasteiger partial charge >= 0.3 is 0 Å². The summed E-state index contributed by atoms with van der Waals surface area (Å²) in [4.78, 5) is 2.41. The lowest BCUT2D eigenvalue weighted by Gasteiger charge is -2.28. The van der Waals surface area contributed by atoms with Gasteiger partial charge in [0.05, 0.1) is 11.4 Å². The first kappa shape index (κ1) is 22.0. The van der Waals surface area contributed by atoms with Crippen molar-refractivity contribution in [1.82, 2.24) is 0 Å². The van der Waals surface area contributed by atoms with E-state index >= 15 is 0 Å². The lowest BCUT2D eigenvalue weighted by atomic mass is 9.93. The van der Waals surface area contributed by atoms with Crippen molar-refractivity contribution in [3.8, 4) is 5.75 Å². The van der Waals surface area contributed by atoms with Crippen LogP contribution in [0, 0.1) is 0 Å². The molecule has 6 aromatic rings. The van der Waals surface area contributed by atoms with Crippen molar-refractivity contribution in [2.45, 2.75) is 6.10 Å². The molecule has 0 N–H and O–H groups in total. The monoisotopic (exact) mass is 499 g/mol. The minimum absolute atomic E-state index is 0.0726. The van der Waals surface area contributed by atoms with Crippen molar-refractivity contribution < 1.29 is 4.74 Å². The first-order valence-corrected chi connectivity index (χ1v) is 13.4. The number of allylic oxidation sites excluding steroid dienone is 2. The molecule has 2 aliphatic rings. The second kappa shape index (κ2) is 8.75. The number of para-hydroxylation sites is 1. The van der Waals surface area contributed by atoms with Crippen LogP contribution in [0.3, 0.4) is 0 Å². The zero-order valence-electron chi connectivity index (χ0n) is 21.3. The number of fused-ring (bicyclic) bond motifs is 6. The molecule has 1 unspecified atom stereocenters. The highest BCUT2D eigenvalue weighted by atomic mass is 16.5. The van der Waals surface area contributed by atoms with Crippen molar-refractivity contribution in [3.05, 3.63) is 157 Å². The maximum atomic E-state index is 6.65. The van der Waals surface area contributed by atoms with Crippen LogP contribution < -0.4 is 9.64 Å². The molecule has 39 heavy (non-hydrogen) atoms. The standard InChI is InChI=1S/C37H25NO/c1-3-12-26(13-4-1)29-22-23-35-36(29)32-24-34(30-19-9-10-20-31(30)37(32)39-35)38(27-16-5-2-6-17-27)33-21-11-15-25-14-7-8-18-28(25)33/h1-24,35H. The summed E-state index contributed by atoms with van der Waals surface area (Å²) in [6, 6.07) is 47.5. The van der Waals surface area contributed by atoms with Crippen molar-refractivity contribution in [1.29, 1.82) is 0 Å². The van der Waals surface area contributed by atoms with Gasteiger partial charge in [-0.2, -0.15) is 0 Å². The van der Waals surface area contributed by atoms with Gasteiger partial charge < -0.3 is 9.64 Å². The first-order chi connectivity index (χ1) is 19.4. The average molecular weight is 500 g/mol. The van der Waals surface area contributed by atoms with E-state index in [0.29, 0.717) is 0 Å². The maximum Gasteiger partial charge on any atom is 0.144 e. The van der Waals surface area contributed by atoms with Gasteiger partial charge in [-0.15, -0.1) is 0 Å². The summed E-state index contributed by atoms with van der Waals surface area (Å²) in [7, 11) is 0. The molecular weight excluding hydrogens is 474 g/mol. The molecule has 8 rings (SSSR count). The quantitative estimate of drug-likeness (QED) is 0.239. The molecular formula is C37H25NO. The molecule has 0 aromatic heterocycles. The van der Waals surface area contributed by atoms with E-state index in [1.165, 1.54) is 38.4 Å². The summed E-state index contributed by atoms with van der Waals surface area (Å²) in [5.74, 6) is 0.970. The molecule has 0 spiro atoms. The van der Waals surface area contributed by atoms with Crippen LogP contribution in [0.4, 0.5) is 17.1 Å². The topological polar surface area (TPSA) is 12.5 Å². The summed E-state index contributed by atoms with van der Waals surface area (Å²) < 4.78 is 6.65. The van der Waals surface area contributed by atoms with Crippen LogP contribution in [-0.2, 0) is 0 Å². The number of anilines is 3. The number of hydrogen-bond acceptors (Lipinski definition) is 2. The van der Waals surface area contributed by atoms with E-state index < -0.39 is 0 Å². The molecule has 1 aliphatic heterocycles. The third-order valence-electron chi connectivity index (χ3n) is 7.87. The van der Waals surface area contributed by atoms with Crippen LogP contribution in [0.15, 0.2) is 146 Å². The molecule has 0 amide bonds. The van der Waals surface area contributed by atoms with Gasteiger partial charge in [0.25, 0.3) is 0 Å². The molecule has 0 radical (unpaired) electrons. The molecule has 0 bridgehead atoms. The number of ether oxygens (including phenoxy) is 1. The smallest absolute Gasteiger partial charge is 0.144 e. The van der Waals surface area contributed by atoms with E-state index in [2.05, 4.69) is 151 Å². The van der Waals surface area contributed by atoms with Gasteiger partial charge in [0.15, 0.2) is 0 Å². The van der Waals surface area contributed by atoms with Crippen LogP contribution in [0.2, 0.25) is 0 Å². The Morgan fingerprint density at radius 3 is 2.05 bits per heavy atom. The number of rotatable bonds is 4. The van der Waals surface area contributed by atoms with Gasteiger partial charge in [-0.25, -0.2) is 0 Å². The van der Waals surface area contributed by atoms with E-state index in [4.69, 9.17) is 4.74 Å². The number of nitrogens with zero attached hydrogens (tertiary/aromatic N) is 1. The summed E-state index contributed by atoms with van der Waals surface area (Å²) >= 11 is 0. The lowest BCUT2D eigenvalue weighted by molar-refractivity contribution is 0.329. The zero-order valence-corrected chi connectivity index (χ0v) is 21.3. The van der Waals surface area contributed by atoms with Crippen LogP contribution in [0.5, 0.6) is 5.75 Å². The summed E-state index contributed by atoms with van der Waals surface area (Å²) in [5, 5.41) is 4.74. The molecule has 0 saturated heterocycles. The van der Waals surface area contributed by atoms with Gasteiger partial charge in [0.2, 0.25) is 0 Å². The van der Waals surface area contributed by atoms with Crippen LogP contribution in [0.1, 0.15) is 11.1 Å². The van der Waals surface area contributed by atoms with Crippen molar-refractivity contribution >= 4 is 49.8 Å². The fourth-order valence-corrected chi connectivity index (χ4v) is 6.15. The zero-order chi connectivity index (χ0) is 25.8. The van der Waals surface area contributed by atoms with E-state index in [-0.39, 0.29) is 6.10 Å². The third-order valence-corrected chi connectivity index (χ3v) is 7.87. The second-order valence-corrected chi connectivity index (χ2v) is 10.1. The van der Waals surface area contributed by atoms with E-state index in [9.17, 15) is 0 Å². The van der Waals surface area contributed by atoms with Gasteiger partial charge in [0.1, 0.15) is 11.9 Å². The van der Waals surface area contributed by atoms with E-state index in [1.807, 2.05) is 0 Å². The van der Waals surface area contributed by atoms with Gasteiger partial charge in [0, 0.05) is 33.0 Å². The Balaban J connectivity index is 1.45. The highest BCUT2D eigenvalue weighted by Crippen LogP contribution is 2.53. The van der Waals surface area contributed by atoms with Gasteiger partial charge in [-0.1, -0.05) is 115 Å². The minimum Gasteiger partial charge on any atom is -0.480 e. The van der Waals surface area contributed by atoms with Crippen molar-refractivity contribution in [2.75, 3.05) is 4.90 Å². The van der Waals surface area contributed by atoms with Gasteiger partial charge in [-0.05, 0) is 46.9 Å². The third kappa shape index (κ3) is 3.42. The Kier molecular flexibility index (Phi) is 4.92. The molecule has 6 aromatic carbocycles. The fourth-order valence-electron chi connectivity index (χ4n) is 6.15. The Bertz CT molecular complexity index is 1930. The van der Waals surface area contributed by atoms with Crippen LogP contribution in [0.25, 0.3) is 32.7 Å². The van der Waals surface area contributed by atoms with Crippen LogP contribution in [-0.4, -0.2) is 6.10 Å². The Morgan fingerprint density at radius 1 is 0.564 bits per heavy atom. The van der Waals surface area contributed by atoms with Gasteiger partial charge in [-0.3, -0.25) is 0 Å². The molecule has 2 heteroatoms. The molecule has 1 aliphatic carbocycles. The van der Waals surface area contributed by atoms with E-state index in [1.54, 1.807) is 0 Å². The molecule has 0 fully saturated rings. The number of benzene rings is 6. The van der Waals surface area contributed by atoms with E-state index in [0.717, 1.165) is 28.2 Å². The summed E-state index contributed by atoms with van der Waals surface area (Å²) in [6.45, 7) is 0. The largest absolute Gasteiger partial charge is 0.480 e.